The number of carboxylic acids is 1. The summed E-state index contributed by atoms with van der Waals surface area (Å²) in [6, 6.07) is 4.93. The summed E-state index contributed by atoms with van der Waals surface area (Å²) >= 11 is 18.6. The van der Waals surface area contributed by atoms with E-state index in [-0.39, 0.29) is 11.7 Å². The van der Waals surface area contributed by atoms with Crippen LogP contribution in [0, 0.1) is 4.77 Å². The SMILES string of the molecule is CCC(c1ccc(Cl)c(Cl)c1)n1c(C(=O)O)c(-c2cnns2)[nH]c1=S. The summed E-state index contributed by atoms with van der Waals surface area (Å²) in [5.74, 6) is -1.09. The third kappa shape index (κ3) is 3.35. The monoisotopic (exact) mass is 414 g/mol. The molecule has 3 aromatic rings. The number of benzene rings is 1. The van der Waals surface area contributed by atoms with Crippen LogP contribution in [-0.2, 0) is 0 Å². The van der Waals surface area contributed by atoms with Gasteiger partial charge in [0.25, 0.3) is 0 Å². The summed E-state index contributed by atoms with van der Waals surface area (Å²) in [7, 11) is 0. The topological polar surface area (TPSA) is 83.8 Å². The van der Waals surface area contributed by atoms with Crippen LogP contribution in [0.4, 0.5) is 0 Å². The van der Waals surface area contributed by atoms with E-state index in [4.69, 9.17) is 35.4 Å². The Morgan fingerprint density at radius 2 is 2.20 bits per heavy atom. The van der Waals surface area contributed by atoms with E-state index < -0.39 is 5.97 Å². The number of rotatable bonds is 5. The Morgan fingerprint density at radius 1 is 1.44 bits per heavy atom. The van der Waals surface area contributed by atoms with Crippen LogP contribution in [-0.4, -0.2) is 30.2 Å². The standard InChI is InChI=1S/C15H12Cl2N4O2S2/c1-2-10(7-3-4-8(16)9(17)5-7)21-13(14(22)23)12(19-15(21)24)11-6-18-20-25-11/h3-6,10H,2H2,1H3,(H,19,24)(H,22,23). The molecule has 0 aliphatic rings. The Labute approximate surface area is 162 Å². The highest BCUT2D eigenvalue weighted by molar-refractivity contribution is 7.71. The van der Waals surface area contributed by atoms with Crippen molar-refractivity contribution in [1.82, 2.24) is 19.1 Å². The summed E-state index contributed by atoms with van der Waals surface area (Å²) in [5, 5.41) is 14.4. The molecule has 2 aromatic heterocycles. The molecule has 25 heavy (non-hydrogen) atoms. The van der Waals surface area contributed by atoms with E-state index in [9.17, 15) is 9.90 Å². The Morgan fingerprint density at radius 3 is 2.76 bits per heavy atom. The van der Waals surface area contributed by atoms with Gasteiger partial charge in [0.05, 0.1) is 32.9 Å². The summed E-state index contributed by atoms with van der Waals surface area (Å²) in [6.45, 7) is 1.95. The molecule has 1 atom stereocenters. The Balaban J connectivity index is 2.22. The summed E-state index contributed by atoms with van der Waals surface area (Å²) in [5.41, 5.74) is 1.28. The average Bonchev–Trinajstić information content (AvgIpc) is 3.20. The Kier molecular flexibility index (Phi) is 5.24. The molecule has 2 heterocycles. The molecule has 0 bridgehead atoms. The van der Waals surface area contributed by atoms with Gasteiger partial charge in [-0.05, 0) is 47.9 Å². The highest BCUT2D eigenvalue weighted by atomic mass is 35.5. The number of H-pyrrole nitrogens is 1. The number of aromatic amines is 1. The van der Waals surface area contributed by atoms with Crippen molar-refractivity contribution in [1.29, 1.82) is 0 Å². The quantitative estimate of drug-likeness (QED) is 0.569. The molecule has 1 aromatic carbocycles. The van der Waals surface area contributed by atoms with Crippen molar-refractivity contribution in [2.45, 2.75) is 19.4 Å². The number of hydrogen-bond donors (Lipinski definition) is 2. The fourth-order valence-electron chi connectivity index (χ4n) is 2.70. The zero-order valence-electron chi connectivity index (χ0n) is 12.9. The minimum Gasteiger partial charge on any atom is -0.477 e. The predicted molar refractivity (Wildman–Crippen MR) is 100 cm³/mol. The van der Waals surface area contributed by atoms with Crippen molar-refractivity contribution in [3.05, 3.63) is 50.5 Å². The number of hydrogen-bond acceptors (Lipinski definition) is 5. The zero-order valence-corrected chi connectivity index (χ0v) is 16.0. The van der Waals surface area contributed by atoms with Crippen molar-refractivity contribution < 1.29 is 9.90 Å². The summed E-state index contributed by atoms with van der Waals surface area (Å²) in [4.78, 5) is 15.5. The number of imidazole rings is 1. The first kappa shape index (κ1) is 18.1. The van der Waals surface area contributed by atoms with Crippen LogP contribution in [0.1, 0.15) is 35.4 Å². The van der Waals surface area contributed by atoms with Gasteiger partial charge in [0.2, 0.25) is 0 Å². The maximum absolute atomic E-state index is 12.0. The van der Waals surface area contributed by atoms with Crippen molar-refractivity contribution >= 4 is 52.9 Å². The van der Waals surface area contributed by atoms with Gasteiger partial charge >= 0.3 is 5.97 Å². The highest BCUT2D eigenvalue weighted by Gasteiger charge is 2.26. The maximum atomic E-state index is 12.0. The van der Waals surface area contributed by atoms with Crippen LogP contribution < -0.4 is 0 Å². The lowest BCUT2D eigenvalue weighted by Gasteiger charge is -2.19. The number of aromatic nitrogens is 4. The van der Waals surface area contributed by atoms with Gasteiger partial charge in [-0.1, -0.05) is 40.7 Å². The van der Waals surface area contributed by atoms with Crippen LogP contribution >= 0.6 is 47.0 Å². The number of nitrogens with one attached hydrogen (secondary N) is 1. The van der Waals surface area contributed by atoms with E-state index >= 15 is 0 Å². The molecule has 0 amide bonds. The second-order valence-corrected chi connectivity index (χ2v) is 7.20. The second-order valence-electron chi connectivity index (χ2n) is 5.21. The van der Waals surface area contributed by atoms with Crippen LogP contribution in [0.25, 0.3) is 10.6 Å². The molecule has 3 rings (SSSR count). The van der Waals surface area contributed by atoms with Gasteiger partial charge in [0.15, 0.2) is 10.5 Å². The van der Waals surface area contributed by atoms with Gasteiger partial charge in [0.1, 0.15) is 0 Å². The van der Waals surface area contributed by atoms with Gasteiger partial charge < -0.3 is 14.7 Å². The molecule has 1 unspecified atom stereocenters. The minimum absolute atomic E-state index is 0.0639. The van der Waals surface area contributed by atoms with E-state index in [1.807, 2.05) is 13.0 Å². The largest absolute Gasteiger partial charge is 0.477 e. The third-order valence-corrected chi connectivity index (χ3v) is 5.49. The van der Waals surface area contributed by atoms with Gasteiger partial charge in [-0.3, -0.25) is 0 Å². The van der Waals surface area contributed by atoms with Crippen molar-refractivity contribution in [3.8, 4) is 10.6 Å². The number of nitrogens with zero attached hydrogens (tertiary/aromatic N) is 3. The van der Waals surface area contributed by atoms with Crippen LogP contribution in [0.15, 0.2) is 24.4 Å². The van der Waals surface area contributed by atoms with E-state index in [2.05, 4.69) is 14.6 Å². The van der Waals surface area contributed by atoms with Gasteiger partial charge in [-0.2, -0.15) is 0 Å². The van der Waals surface area contributed by atoms with Crippen LogP contribution in [0.5, 0.6) is 0 Å². The van der Waals surface area contributed by atoms with Crippen molar-refractivity contribution in [3.63, 3.8) is 0 Å². The first-order valence-corrected chi connectivity index (χ1v) is 9.18. The minimum atomic E-state index is -1.09. The lowest BCUT2D eigenvalue weighted by atomic mass is 10.0. The Bertz CT molecular complexity index is 982. The third-order valence-electron chi connectivity index (χ3n) is 3.77. The highest BCUT2D eigenvalue weighted by Crippen LogP contribution is 2.33. The van der Waals surface area contributed by atoms with E-state index in [0.717, 1.165) is 17.1 Å². The molecule has 0 saturated carbocycles. The fourth-order valence-corrected chi connectivity index (χ4v) is 3.84. The number of carbonyl (C=O) groups is 1. The van der Waals surface area contributed by atoms with Gasteiger partial charge in [-0.25, -0.2) is 4.79 Å². The molecule has 130 valence electrons. The number of aromatic carboxylic acids is 1. The van der Waals surface area contributed by atoms with Gasteiger partial charge in [0, 0.05) is 0 Å². The molecule has 0 saturated heterocycles. The Hall–Kier alpha value is -1.74. The molecule has 0 fully saturated rings. The molecule has 0 aliphatic heterocycles. The fraction of sp³-hybridized carbons (Fsp3) is 0.200. The van der Waals surface area contributed by atoms with Crippen molar-refractivity contribution in [2.75, 3.05) is 0 Å². The second kappa shape index (κ2) is 7.25. The molecule has 0 aliphatic carbocycles. The maximum Gasteiger partial charge on any atom is 0.354 e. The normalized spacial score (nSPS) is 12.3. The molecule has 0 radical (unpaired) electrons. The number of halogens is 2. The smallest absolute Gasteiger partial charge is 0.354 e. The molecule has 6 nitrogen and oxygen atoms in total. The first-order valence-electron chi connectivity index (χ1n) is 7.24. The molecular weight excluding hydrogens is 403 g/mol. The van der Waals surface area contributed by atoms with Crippen LogP contribution in [0.2, 0.25) is 10.0 Å². The summed E-state index contributed by atoms with van der Waals surface area (Å²) in [6.07, 6.45) is 2.12. The van der Waals surface area contributed by atoms with Gasteiger partial charge in [-0.15, -0.1) is 5.10 Å². The van der Waals surface area contributed by atoms with Crippen molar-refractivity contribution in [2.24, 2.45) is 0 Å². The zero-order chi connectivity index (χ0) is 18.1. The predicted octanol–water partition coefficient (Wildman–Crippen LogP) is 5.07. The van der Waals surface area contributed by atoms with E-state index in [0.29, 0.717) is 31.8 Å². The molecular formula is C15H12Cl2N4O2S2. The lowest BCUT2D eigenvalue weighted by molar-refractivity contribution is 0.0684. The van der Waals surface area contributed by atoms with E-state index in [1.165, 1.54) is 6.20 Å². The average molecular weight is 415 g/mol. The molecule has 2 N–H and O–H groups in total. The molecule has 0 spiro atoms. The van der Waals surface area contributed by atoms with E-state index in [1.54, 1.807) is 16.7 Å². The first-order chi connectivity index (χ1) is 11.9. The lowest BCUT2D eigenvalue weighted by Crippen LogP contribution is -2.16. The molecule has 10 heteroatoms. The summed E-state index contributed by atoms with van der Waals surface area (Å²) < 4.78 is 5.68. The van der Waals surface area contributed by atoms with Crippen LogP contribution in [0.3, 0.4) is 0 Å². The number of carboxylic acid groups (broad SMARTS) is 1.